The highest BCUT2D eigenvalue weighted by atomic mass is 35.5. The maximum atomic E-state index is 12.4. The van der Waals surface area contributed by atoms with Gasteiger partial charge in [0.15, 0.2) is 5.76 Å². The van der Waals surface area contributed by atoms with Crippen LogP contribution in [-0.4, -0.2) is 18.5 Å². The lowest BCUT2D eigenvalue weighted by atomic mass is 10.2. The molecule has 0 saturated carbocycles. The van der Waals surface area contributed by atoms with E-state index in [1.807, 2.05) is 6.92 Å². The Morgan fingerprint density at radius 1 is 1.04 bits per heavy atom. The van der Waals surface area contributed by atoms with Crippen molar-refractivity contribution in [2.24, 2.45) is 0 Å². The second-order valence-electron chi connectivity index (χ2n) is 5.96. The van der Waals surface area contributed by atoms with Gasteiger partial charge in [-0.3, -0.25) is 4.79 Å². The van der Waals surface area contributed by atoms with Crippen LogP contribution in [0.15, 0.2) is 59.0 Å². The van der Waals surface area contributed by atoms with Gasteiger partial charge in [-0.2, -0.15) is 0 Å². The van der Waals surface area contributed by atoms with Gasteiger partial charge < -0.3 is 14.5 Å². The van der Waals surface area contributed by atoms with Gasteiger partial charge in [-0.25, -0.2) is 4.79 Å². The first kappa shape index (κ1) is 20.0. The highest BCUT2D eigenvalue weighted by molar-refractivity contribution is 6.36. The quantitative estimate of drug-likeness (QED) is 0.493. The fourth-order valence-electron chi connectivity index (χ4n) is 2.45. The van der Waals surface area contributed by atoms with E-state index in [0.29, 0.717) is 39.2 Å². The van der Waals surface area contributed by atoms with Crippen LogP contribution >= 0.6 is 23.2 Å². The Balaban J connectivity index is 1.68. The zero-order valence-corrected chi connectivity index (χ0v) is 16.5. The Labute approximate surface area is 172 Å². The molecule has 0 saturated heterocycles. The zero-order valence-electron chi connectivity index (χ0n) is 15.0. The van der Waals surface area contributed by atoms with E-state index in [0.717, 1.165) is 6.42 Å². The summed E-state index contributed by atoms with van der Waals surface area (Å²) >= 11 is 12.1. The lowest BCUT2D eigenvalue weighted by Crippen LogP contribution is -2.11. The minimum atomic E-state index is -0.419. The molecular formula is C21H17Cl2NO4. The first-order valence-electron chi connectivity index (χ1n) is 8.61. The Kier molecular flexibility index (Phi) is 6.39. The molecule has 0 bridgehead atoms. The van der Waals surface area contributed by atoms with Crippen LogP contribution in [0, 0.1) is 0 Å². The second-order valence-corrected chi connectivity index (χ2v) is 6.80. The molecule has 0 aliphatic rings. The van der Waals surface area contributed by atoms with E-state index >= 15 is 0 Å². The number of amides is 1. The first-order valence-corrected chi connectivity index (χ1v) is 9.37. The third kappa shape index (κ3) is 4.74. The van der Waals surface area contributed by atoms with Crippen LogP contribution in [0.4, 0.5) is 5.69 Å². The van der Waals surface area contributed by atoms with Crippen molar-refractivity contribution in [3.05, 3.63) is 76.0 Å². The maximum Gasteiger partial charge on any atom is 0.338 e. The molecule has 1 amide bonds. The lowest BCUT2D eigenvalue weighted by Gasteiger charge is -2.06. The smallest absolute Gasteiger partial charge is 0.338 e. The molecule has 28 heavy (non-hydrogen) atoms. The van der Waals surface area contributed by atoms with Gasteiger partial charge >= 0.3 is 5.97 Å². The van der Waals surface area contributed by atoms with Gasteiger partial charge in [0.25, 0.3) is 5.91 Å². The fraction of sp³-hybridized carbons (Fsp3) is 0.143. The number of carbonyl (C=O) groups excluding carboxylic acids is 2. The molecule has 1 aromatic heterocycles. The average molecular weight is 418 g/mol. The first-order chi connectivity index (χ1) is 13.5. The number of rotatable bonds is 6. The van der Waals surface area contributed by atoms with E-state index in [-0.39, 0.29) is 5.76 Å². The number of hydrogen-bond acceptors (Lipinski definition) is 4. The standard InChI is InChI=1S/C21H17Cl2NO4/c1-2-11-27-21(26)13-3-6-15(7-4-13)24-20(25)19-10-9-18(28-19)16-8-5-14(22)12-17(16)23/h3-10,12H,2,11H2,1H3,(H,24,25). The van der Waals surface area contributed by atoms with Crippen molar-refractivity contribution in [3.63, 3.8) is 0 Å². The van der Waals surface area contributed by atoms with Gasteiger partial charge in [-0.1, -0.05) is 30.1 Å². The molecule has 1 N–H and O–H groups in total. The molecule has 0 atom stereocenters. The van der Waals surface area contributed by atoms with E-state index in [9.17, 15) is 9.59 Å². The summed E-state index contributed by atoms with van der Waals surface area (Å²) in [6.07, 6.45) is 0.756. The van der Waals surface area contributed by atoms with Crippen LogP contribution in [0.1, 0.15) is 34.3 Å². The number of carbonyl (C=O) groups is 2. The Bertz CT molecular complexity index is 996. The SMILES string of the molecule is CCCOC(=O)c1ccc(NC(=O)c2ccc(-c3ccc(Cl)cc3Cl)o2)cc1. The topological polar surface area (TPSA) is 68.5 Å². The minimum Gasteiger partial charge on any atom is -0.462 e. The Morgan fingerprint density at radius 2 is 1.79 bits per heavy atom. The Hall–Kier alpha value is -2.76. The molecule has 2 aromatic carbocycles. The van der Waals surface area contributed by atoms with Gasteiger partial charge in [0.05, 0.1) is 17.2 Å². The van der Waals surface area contributed by atoms with Crippen LogP contribution in [-0.2, 0) is 4.74 Å². The van der Waals surface area contributed by atoms with E-state index in [4.69, 9.17) is 32.4 Å². The average Bonchev–Trinajstić information content (AvgIpc) is 3.16. The fourth-order valence-corrected chi connectivity index (χ4v) is 2.96. The van der Waals surface area contributed by atoms with E-state index in [2.05, 4.69) is 5.32 Å². The van der Waals surface area contributed by atoms with Crippen molar-refractivity contribution < 1.29 is 18.7 Å². The monoisotopic (exact) mass is 417 g/mol. The number of ether oxygens (including phenoxy) is 1. The molecule has 0 unspecified atom stereocenters. The predicted molar refractivity (Wildman–Crippen MR) is 109 cm³/mol. The molecule has 0 radical (unpaired) electrons. The van der Waals surface area contributed by atoms with E-state index < -0.39 is 11.9 Å². The van der Waals surface area contributed by atoms with Gasteiger partial charge in [0.2, 0.25) is 0 Å². The lowest BCUT2D eigenvalue weighted by molar-refractivity contribution is 0.0505. The largest absolute Gasteiger partial charge is 0.462 e. The van der Waals surface area contributed by atoms with Gasteiger partial charge in [0.1, 0.15) is 5.76 Å². The minimum absolute atomic E-state index is 0.132. The van der Waals surface area contributed by atoms with Crippen molar-refractivity contribution in [2.75, 3.05) is 11.9 Å². The van der Waals surface area contributed by atoms with Crippen LogP contribution < -0.4 is 5.32 Å². The highest BCUT2D eigenvalue weighted by Crippen LogP contribution is 2.31. The van der Waals surface area contributed by atoms with Gasteiger partial charge in [-0.15, -0.1) is 0 Å². The predicted octanol–water partition coefficient (Wildman–Crippen LogP) is 6.07. The van der Waals surface area contributed by atoms with Crippen LogP contribution in [0.2, 0.25) is 10.0 Å². The van der Waals surface area contributed by atoms with Crippen molar-refractivity contribution in [1.29, 1.82) is 0 Å². The molecule has 1 heterocycles. The molecule has 3 rings (SSSR count). The van der Waals surface area contributed by atoms with Gasteiger partial charge in [0, 0.05) is 16.3 Å². The Morgan fingerprint density at radius 3 is 2.46 bits per heavy atom. The van der Waals surface area contributed by atoms with Crippen LogP contribution in [0.5, 0.6) is 0 Å². The summed E-state index contributed by atoms with van der Waals surface area (Å²) < 4.78 is 10.7. The summed E-state index contributed by atoms with van der Waals surface area (Å²) in [5.74, 6) is -0.221. The normalized spacial score (nSPS) is 10.5. The summed E-state index contributed by atoms with van der Waals surface area (Å²) in [6.45, 7) is 2.29. The third-order valence-electron chi connectivity index (χ3n) is 3.84. The maximum absolute atomic E-state index is 12.4. The number of benzene rings is 2. The summed E-state index contributed by atoms with van der Waals surface area (Å²) in [5.41, 5.74) is 1.59. The van der Waals surface area contributed by atoms with Crippen molar-refractivity contribution in [3.8, 4) is 11.3 Å². The summed E-state index contributed by atoms with van der Waals surface area (Å²) in [5, 5.41) is 3.66. The third-order valence-corrected chi connectivity index (χ3v) is 4.39. The number of nitrogens with one attached hydrogen (secondary N) is 1. The summed E-state index contributed by atoms with van der Waals surface area (Å²) in [6, 6.07) is 14.7. The summed E-state index contributed by atoms with van der Waals surface area (Å²) in [4.78, 5) is 24.2. The van der Waals surface area contributed by atoms with E-state index in [1.165, 1.54) is 0 Å². The van der Waals surface area contributed by atoms with Crippen molar-refractivity contribution in [2.45, 2.75) is 13.3 Å². The summed E-state index contributed by atoms with van der Waals surface area (Å²) in [7, 11) is 0. The molecule has 0 spiro atoms. The molecular weight excluding hydrogens is 401 g/mol. The van der Waals surface area contributed by atoms with Crippen LogP contribution in [0.25, 0.3) is 11.3 Å². The zero-order chi connectivity index (χ0) is 20.1. The number of hydrogen-bond donors (Lipinski definition) is 1. The number of halogens is 2. The molecule has 0 aliphatic carbocycles. The van der Waals surface area contributed by atoms with Crippen molar-refractivity contribution in [1.82, 2.24) is 0 Å². The molecule has 5 nitrogen and oxygen atoms in total. The number of anilines is 1. The van der Waals surface area contributed by atoms with E-state index in [1.54, 1.807) is 54.6 Å². The molecule has 3 aromatic rings. The molecule has 7 heteroatoms. The van der Waals surface area contributed by atoms with Crippen molar-refractivity contribution >= 4 is 40.8 Å². The van der Waals surface area contributed by atoms with Gasteiger partial charge in [-0.05, 0) is 61.0 Å². The van der Waals surface area contributed by atoms with Crippen LogP contribution in [0.3, 0.4) is 0 Å². The number of furan rings is 1. The molecule has 144 valence electrons. The highest BCUT2D eigenvalue weighted by Gasteiger charge is 2.15. The number of esters is 1. The molecule has 0 aliphatic heterocycles. The molecule has 0 fully saturated rings. The second kappa shape index (κ2) is 8.95.